The maximum Gasteiger partial charge on any atom is 0.319 e. The molecule has 160 valence electrons. The van der Waals surface area contributed by atoms with E-state index in [-0.39, 0.29) is 17.7 Å². The summed E-state index contributed by atoms with van der Waals surface area (Å²) in [6.07, 6.45) is 0. The first-order chi connectivity index (χ1) is 14.3. The van der Waals surface area contributed by atoms with Crippen LogP contribution >= 0.6 is 0 Å². The van der Waals surface area contributed by atoms with Crippen LogP contribution in [-0.2, 0) is 4.79 Å². The normalized spacial score (nSPS) is 11.2. The van der Waals surface area contributed by atoms with Gasteiger partial charge in [0.25, 0.3) is 0 Å². The van der Waals surface area contributed by atoms with Crippen LogP contribution in [0.5, 0.6) is 11.5 Å². The van der Waals surface area contributed by atoms with Crippen molar-refractivity contribution < 1.29 is 23.9 Å². The number of nitrogens with one attached hydrogen (secondary N) is 3. The van der Waals surface area contributed by atoms with Gasteiger partial charge in [-0.3, -0.25) is 9.59 Å². The van der Waals surface area contributed by atoms with E-state index in [0.717, 1.165) is 5.56 Å². The second kappa shape index (κ2) is 10.3. The molecule has 0 fully saturated rings. The third-order valence-electron chi connectivity index (χ3n) is 4.56. The quantitative estimate of drug-likeness (QED) is 0.571. The van der Waals surface area contributed by atoms with E-state index in [1.54, 1.807) is 43.3 Å². The van der Waals surface area contributed by atoms with E-state index >= 15 is 0 Å². The molecule has 2 rings (SSSR count). The Bertz CT molecular complexity index is 925. The molecule has 0 saturated heterocycles. The smallest absolute Gasteiger partial charge is 0.319 e. The molecular weight excluding hydrogens is 386 g/mol. The molecule has 8 heteroatoms. The van der Waals surface area contributed by atoms with Gasteiger partial charge in [0, 0.05) is 23.9 Å². The lowest BCUT2D eigenvalue weighted by molar-refractivity contribution is -0.117. The van der Waals surface area contributed by atoms with Crippen molar-refractivity contribution in [1.29, 1.82) is 0 Å². The summed E-state index contributed by atoms with van der Waals surface area (Å²) in [5, 5.41) is 8.16. The number of Topliss-reactive ketones (excluding diaryl/α,β-unsaturated/α-hetero) is 1. The Balaban J connectivity index is 2.19. The molecule has 0 heterocycles. The van der Waals surface area contributed by atoms with Gasteiger partial charge in [0.05, 0.1) is 25.8 Å². The molecule has 0 bridgehead atoms. The predicted octanol–water partition coefficient (Wildman–Crippen LogP) is 3.79. The maximum atomic E-state index is 12.8. The number of carbonyl (C=O) groups excluding carboxylic acids is 3. The average molecular weight is 413 g/mol. The number of ketones is 1. The standard InChI is InChI=1S/C22H27N3O5/c1-6-23-22(28)24-16-9-7-15(8-10-16)13(2)21(27)25-18-12-20(30-5)19(29-4)11-17(18)14(3)26/h7-13H,6H2,1-5H3,(H,25,27)(H2,23,24,28). The van der Waals surface area contributed by atoms with Crippen molar-refractivity contribution in [2.45, 2.75) is 26.7 Å². The van der Waals surface area contributed by atoms with Crippen molar-refractivity contribution in [3.8, 4) is 11.5 Å². The minimum absolute atomic E-state index is 0.209. The fourth-order valence-corrected chi connectivity index (χ4v) is 2.86. The molecule has 0 aliphatic carbocycles. The van der Waals surface area contributed by atoms with Gasteiger partial charge in [-0.25, -0.2) is 4.79 Å². The Kier molecular flexibility index (Phi) is 7.80. The van der Waals surface area contributed by atoms with Crippen molar-refractivity contribution in [3.63, 3.8) is 0 Å². The summed E-state index contributed by atoms with van der Waals surface area (Å²) in [5.74, 6) is -0.166. The highest BCUT2D eigenvalue weighted by molar-refractivity contribution is 6.05. The van der Waals surface area contributed by atoms with E-state index in [9.17, 15) is 14.4 Å². The summed E-state index contributed by atoms with van der Waals surface area (Å²) in [7, 11) is 2.96. The van der Waals surface area contributed by atoms with Crippen LogP contribution < -0.4 is 25.4 Å². The van der Waals surface area contributed by atoms with Crippen molar-refractivity contribution in [2.24, 2.45) is 0 Å². The largest absolute Gasteiger partial charge is 0.493 e. The third kappa shape index (κ3) is 5.50. The fourth-order valence-electron chi connectivity index (χ4n) is 2.86. The highest BCUT2D eigenvalue weighted by Crippen LogP contribution is 2.34. The molecule has 2 aromatic carbocycles. The highest BCUT2D eigenvalue weighted by Gasteiger charge is 2.20. The van der Waals surface area contributed by atoms with Gasteiger partial charge in [0.15, 0.2) is 17.3 Å². The molecule has 0 saturated carbocycles. The SMILES string of the molecule is CCNC(=O)Nc1ccc(C(C)C(=O)Nc2cc(OC)c(OC)cc2C(C)=O)cc1. The van der Waals surface area contributed by atoms with E-state index in [1.807, 2.05) is 6.92 Å². The molecule has 3 amide bonds. The van der Waals surface area contributed by atoms with Gasteiger partial charge in [0.2, 0.25) is 5.91 Å². The number of hydrogen-bond acceptors (Lipinski definition) is 5. The molecule has 0 spiro atoms. The van der Waals surface area contributed by atoms with Crippen LogP contribution in [0.4, 0.5) is 16.2 Å². The molecule has 3 N–H and O–H groups in total. The molecule has 0 aromatic heterocycles. The fraction of sp³-hybridized carbons (Fsp3) is 0.318. The van der Waals surface area contributed by atoms with E-state index < -0.39 is 5.92 Å². The first-order valence-corrected chi connectivity index (χ1v) is 9.53. The topological polar surface area (TPSA) is 106 Å². The van der Waals surface area contributed by atoms with Gasteiger partial charge in [0.1, 0.15) is 0 Å². The summed E-state index contributed by atoms with van der Waals surface area (Å²) >= 11 is 0. The van der Waals surface area contributed by atoms with Crippen molar-refractivity contribution in [2.75, 3.05) is 31.4 Å². The average Bonchev–Trinajstić information content (AvgIpc) is 2.73. The highest BCUT2D eigenvalue weighted by atomic mass is 16.5. The molecule has 8 nitrogen and oxygen atoms in total. The molecule has 1 unspecified atom stereocenters. The second-order valence-corrected chi connectivity index (χ2v) is 6.63. The van der Waals surface area contributed by atoms with Crippen molar-refractivity contribution in [3.05, 3.63) is 47.5 Å². The first kappa shape index (κ1) is 22.7. The van der Waals surface area contributed by atoms with Crippen molar-refractivity contribution >= 4 is 29.1 Å². The summed E-state index contributed by atoms with van der Waals surface area (Å²) in [6.45, 7) is 5.54. The van der Waals surface area contributed by atoms with Gasteiger partial charge in [-0.2, -0.15) is 0 Å². The molecule has 0 aliphatic heterocycles. The van der Waals surface area contributed by atoms with Crippen LogP contribution in [0.1, 0.15) is 42.6 Å². The van der Waals surface area contributed by atoms with Gasteiger partial charge < -0.3 is 25.4 Å². The Morgan fingerprint density at radius 2 is 1.57 bits per heavy atom. The number of ether oxygens (including phenoxy) is 2. The van der Waals surface area contributed by atoms with Crippen LogP contribution in [0.2, 0.25) is 0 Å². The van der Waals surface area contributed by atoms with Gasteiger partial charge in [-0.1, -0.05) is 12.1 Å². The van der Waals surface area contributed by atoms with Gasteiger partial charge >= 0.3 is 6.03 Å². The minimum atomic E-state index is -0.489. The molecule has 30 heavy (non-hydrogen) atoms. The summed E-state index contributed by atoms with van der Waals surface area (Å²) in [5.41, 5.74) is 2.07. The first-order valence-electron chi connectivity index (χ1n) is 9.53. The monoisotopic (exact) mass is 413 g/mol. The van der Waals surface area contributed by atoms with Crippen LogP contribution in [0.3, 0.4) is 0 Å². The predicted molar refractivity (Wildman–Crippen MR) is 116 cm³/mol. The Hall–Kier alpha value is -3.55. The van der Waals surface area contributed by atoms with Crippen LogP contribution in [0.15, 0.2) is 36.4 Å². The summed E-state index contributed by atoms with van der Waals surface area (Å²) in [4.78, 5) is 36.5. The molecule has 0 aliphatic rings. The summed E-state index contributed by atoms with van der Waals surface area (Å²) < 4.78 is 10.5. The number of urea groups is 1. The van der Waals surface area contributed by atoms with Crippen LogP contribution in [0, 0.1) is 0 Å². The zero-order chi connectivity index (χ0) is 22.3. The lowest BCUT2D eigenvalue weighted by atomic mass is 9.99. The van der Waals surface area contributed by atoms with Crippen LogP contribution in [-0.4, -0.2) is 38.5 Å². The third-order valence-corrected chi connectivity index (χ3v) is 4.56. The van der Waals surface area contributed by atoms with E-state index in [0.29, 0.717) is 35.0 Å². The molecular formula is C22H27N3O5. The number of carbonyl (C=O) groups is 3. The van der Waals surface area contributed by atoms with Gasteiger partial charge in [-0.05, 0) is 44.5 Å². The summed E-state index contributed by atoms with van der Waals surface area (Å²) in [6, 6.07) is 9.82. The van der Waals surface area contributed by atoms with E-state index in [2.05, 4.69) is 16.0 Å². The number of anilines is 2. The molecule has 1 atom stereocenters. The number of benzene rings is 2. The van der Waals surface area contributed by atoms with E-state index in [1.165, 1.54) is 21.1 Å². The Morgan fingerprint density at radius 1 is 0.967 bits per heavy atom. The Labute approximate surface area is 175 Å². The maximum absolute atomic E-state index is 12.8. The zero-order valence-corrected chi connectivity index (χ0v) is 17.8. The van der Waals surface area contributed by atoms with Crippen molar-refractivity contribution in [1.82, 2.24) is 5.32 Å². The van der Waals surface area contributed by atoms with Crippen LogP contribution in [0.25, 0.3) is 0 Å². The number of rotatable bonds is 8. The number of hydrogen-bond donors (Lipinski definition) is 3. The lowest BCUT2D eigenvalue weighted by Gasteiger charge is -2.17. The number of methoxy groups -OCH3 is 2. The number of amides is 3. The van der Waals surface area contributed by atoms with Gasteiger partial charge in [-0.15, -0.1) is 0 Å². The lowest BCUT2D eigenvalue weighted by Crippen LogP contribution is -2.28. The Morgan fingerprint density at radius 3 is 2.10 bits per heavy atom. The van der Waals surface area contributed by atoms with E-state index in [4.69, 9.17) is 9.47 Å². The second-order valence-electron chi connectivity index (χ2n) is 6.63. The minimum Gasteiger partial charge on any atom is -0.493 e. The zero-order valence-electron chi connectivity index (χ0n) is 17.8. The molecule has 2 aromatic rings. The molecule has 0 radical (unpaired) electrons.